The van der Waals surface area contributed by atoms with E-state index in [2.05, 4.69) is 0 Å². The van der Waals surface area contributed by atoms with E-state index in [-0.39, 0.29) is 21.3 Å². The Morgan fingerprint density at radius 2 is 1.48 bits per heavy atom. The highest BCUT2D eigenvalue weighted by Gasteiger charge is 2.22. The Hall–Kier alpha value is -1.26. The summed E-state index contributed by atoms with van der Waals surface area (Å²) >= 11 is 23.5. The summed E-state index contributed by atoms with van der Waals surface area (Å²) in [6.07, 6.45) is 1.53. The molecule has 2 amide bonds. The third-order valence-electron chi connectivity index (χ3n) is 2.61. The maximum atomic E-state index is 12.4. The molecule has 0 saturated heterocycles. The summed E-state index contributed by atoms with van der Waals surface area (Å²) in [5.74, 6) is -0.670. The number of amides is 2. The number of halogens is 4. The first-order chi connectivity index (χ1) is 9.93. The van der Waals surface area contributed by atoms with Gasteiger partial charge >= 0.3 is 6.41 Å². The monoisotopic (exact) mass is 360 g/mol. The van der Waals surface area contributed by atoms with Gasteiger partial charge in [0.1, 0.15) is 0 Å². The Morgan fingerprint density at radius 3 is 2.00 bits per heavy atom. The van der Waals surface area contributed by atoms with Crippen LogP contribution >= 0.6 is 46.4 Å². The second-order valence-electron chi connectivity index (χ2n) is 3.95. The maximum absolute atomic E-state index is 12.4. The summed E-state index contributed by atoms with van der Waals surface area (Å²) in [7, 11) is 0. The highest BCUT2D eigenvalue weighted by molar-refractivity contribution is 6.39. The van der Waals surface area contributed by atoms with Crippen LogP contribution in [0.2, 0.25) is 20.1 Å². The van der Waals surface area contributed by atoms with Crippen molar-refractivity contribution >= 4 is 64.4 Å². The zero-order valence-corrected chi connectivity index (χ0v) is 13.3. The van der Waals surface area contributed by atoms with Gasteiger partial charge in [0.2, 0.25) is 0 Å². The summed E-state index contributed by atoms with van der Waals surface area (Å²) in [6.45, 7) is 0. The number of carbonyl (C=O) groups excluding carboxylic acids is 2. The minimum atomic E-state index is -0.670. The van der Waals surface area contributed by atoms with Crippen molar-refractivity contribution in [3.8, 4) is 0 Å². The predicted octanol–water partition coefficient (Wildman–Crippen LogP) is 5.01. The molecule has 107 valence electrons. The van der Waals surface area contributed by atoms with E-state index in [4.69, 9.17) is 46.4 Å². The molecule has 2 aromatic rings. The van der Waals surface area contributed by atoms with Crippen molar-refractivity contribution in [2.45, 2.75) is 0 Å². The van der Waals surface area contributed by atoms with Crippen LogP contribution in [0.4, 0.5) is 5.69 Å². The predicted molar refractivity (Wildman–Crippen MR) is 85.4 cm³/mol. The quantitative estimate of drug-likeness (QED) is 0.720. The lowest BCUT2D eigenvalue weighted by molar-refractivity contribution is 0.100. The Morgan fingerprint density at radius 1 is 0.905 bits per heavy atom. The van der Waals surface area contributed by atoms with E-state index in [0.717, 1.165) is 4.90 Å². The number of carbonyl (C=O) groups is 1. The number of anilines is 1. The van der Waals surface area contributed by atoms with Gasteiger partial charge in [-0.15, -0.1) is 0 Å². The Labute approximate surface area is 141 Å². The first kappa shape index (κ1) is 16.1. The van der Waals surface area contributed by atoms with Crippen LogP contribution in [0.1, 0.15) is 10.4 Å². The molecular formula is C14H6Cl4NO2. The first-order valence-electron chi connectivity index (χ1n) is 5.56. The molecule has 0 aromatic heterocycles. The molecule has 0 N–H and O–H groups in total. The van der Waals surface area contributed by atoms with Crippen LogP contribution in [0.5, 0.6) is 0 Å². The molecule has 0 saturated carbocycles. The van der Waals surface area contributed by atoms with Gasteiger partial charge in [-0.3, -0.25) is 9.59 Å². The zero-order chi connectivity index (χ0) is 15.6. The topological polar surface area (TPSA) is 37.4 Å². The van der Waals surface area contributed by atoms with Crippen LogP contribution in [0.15, 0.2) is 36.4 Å². The number of benzene rings is 2. The maximum Gasteiger partial charge on any atom is 0.324 e. The average Bonchev–Trinajstić information content (AvgIpc) is 2.41. The van der Waals surface area contributed by atoms with E-state index in [1.807, 2.05) is 0 Å². The summed E-state index contributed by atoms with van der Waals surface area (Å²) in [6, 6.07) is 8.68. The van der Waals surface area contributed by atoms with Crippen LogP contribution in [0.3, 0.4) is 0 Å². The van der Waals surface area contributed by atoms with Crippen molar-refractivity contribution in [3.05, 3.63) is 62.1 Å². The van der Waals surface area contributed by atoms with Gasteiger partial charge in [-0.05, 0) is 36.4 Å². The highest BCUT2D eigenvalue weighted by atomic mass is 35.5. The van der Waals surface area contributed by atoms with Gasteiger partial charge in [0.05, 0.1) is 21.3 Å². The van der Waals surface area contributed by atoms with Gasteiger partial charge in [-0.25, -0.2) is 4.90 Å². The van der Waals surface area contributed by atoms with E-state index in [9.17, 15) is 9.59 Å². The minimum absolute atomic E-state index is 0.107. The Balaban J connectivity index is 2.45. The Kier molecular flexibility index (Phi) is 5.12. The molecule has 0 fully saturated rings. The smallest absolute Gasteiger partial charge is 0.268 e. The van der Waals surface area contributed by atoms with Crippen LogP contribution < -0.4 is 4.90 Å². The molecule has 0 aliphatic heterocycles. The lowest BCUT2D eigenvalue weighted by atomic mass is 10.2. The number of imide groups is 1. The van der Waals surface area contributed by atoms with E-state index >= 15 is 0 Å². The summed E-state index contributed by atoms with van der Waals surface area (Å²) in [5, 5.41) is 1.02. The SMILES string of the molecule is O=[C]N(C(=O)c1ccc(Cl)cc1Cl)c1ccc(Cl)cc1Cl. The van der Waals surface area contributed by atoms with Crippen LogP contribution in [-0.4, -0.2) is 12.3 Å². The molecule has 3 nitrogen and oxygen atoms in total. The van der Waals surface area contributed by atoms with E-state index < -0.39 is 5.91 Å². The Bertz CT molecular complexity index is 718. The van der Waals surface area contributed by atoms with E-state index in [1.165, 1.54) is 42.8 Å². The van der Waals surface area contributed by atoms with Crippen molar-refractivity contribution in [1.29, 1.82) is 0 Å². The number of hydrogen-bond donors (Lipinski definition) is 0. The molecule has 0 aliphatic rings. The third-order valence-corrected chi connectivity index (χ3v) is 3.69. The summed E-state index contributed by atoms with van der Waals surface area (Å²) in [4.78, 5) is 24.3. The molecule has 0 heterocycles. The molecule has 0 unspecified atom stereocenters. The first-order valence-corrected chi connectivity index (χ1v) is 7.07. The normalized spacial score (nSPS) is 10.3. The van der Waals surface area contributed by atoms with Crippen LogP contribution in [-0.2, 0) is 4.79 Å². The highest BCUT2D eigenvalue weighted by Crippen LogP contribution is 2.30. The van der Waals surface area contributed by atoms with Gasteiger partial charge in [0, 0.05) is 10.0 Å². The van der Waals surface area contributed by atoms with E-state index in [0.29, 0.717) is 10.0 Å². The molecule has 0 atom stereocenters. The van der Waals surface area contributed by atoms with Crippen molar-refractivity contribution < 1.29 is 9.59 Å². The van der Waals surface area contributed by atoms with Crippen LogP contribution in [0, 0.1) is 0 Å². The molecule has 21 heavy (non-hydrogen) atoms. The molecule has 1 radical (unpaired) electrons. The van der Waals surface area contributed by atoms with Crippen LogP contribution in [0.25, 0.3) is 0 Å². The van der Waals surface area contributed by atoms with Gasteiger partial charge in [-0.1, -0.05) is 46.4 Å². The van der Waals surface area contributed by atoms with Gasteiger partial charge < -0.3 is 0 Å². The largest absolute Gasteiger partial charge is 0.324 e. The zero-order valence-electron chi connectivity index (χ0n) is 10.2. The second kappa shape index (κ2) is 6.67. The van der Waals surface area contributed by atoms with Crippen molar-refractivity contribution in [2.24, 2.45) is 0 Å². The molecule has 0 bridgehead atoms. The number of nitrogens with zero attached hydrogens (tertiary/aromatic N) is 1. The fraction of sp³-hybridized carbons (Fsp3) is 0. The van der Waals surface area contributed by atoms with Gasteiger partial charge in [-0.2, -0.15) is 0 Å². The summed E-state index contributed by atoms with van der Waals surface area (Å²) < 4.78 is 0. The fourth-order valence-corrected chi connectivity index (χ4v) is 2.63. The standard InChI is InChI=1S/C14H6Cl4NO2/c15-8-1-3-10(11(17)5-8)14(21)19(7-20)13-4-2-9(16)6-12(13)18/h1-6H. The molecule has 2 aromatic carbocycles. The number of hydrogen-bond acceptors (Lipinski definition) is 2. The molecule has 0 spiro atoms. The lowest BCUT2D eigenvalue weighted by Crippen LogP contribution is -2.29. The van der Waals surface area contributed by atoms with Crippen molar-refractivity contribution in [2.75, 3.05) is 4.90 Å². The van der Waals surface area contributed by atoms with Gasteiger partial charge in [0.25, 0.3) is 5.91 Å². The van der Waals surface area contributed by atoms with Crippen molar-refractivity contribution in [1.82, 2.24) is 0 Å². The second-order valence-corrected chi connectivity index (χ2v) is 5.64. The van der Waals surface area contributed by atoms with Crippen molar-refractivity contribution in [3.63, 3.8) is 0 Å². The third kappa shape index (κ3) is 3.50. The molecule has 0 aliphatic carbocycles. The minimum Gasteiger partial charge on any atom is -0.268 e. The number of rotatable bonds is 3. The van der Waals surface area contributed by atoms with E-state index in [1.54, 1.807) is 0 Å². The molecule has 2 rings (SSSR count). The molecule has 7 heteroatoms. The average molecular weight is 362 g/mol. The molecular weight excluding hydrogens is 356 g/mol. The fourth-order valence-electron chi connectivity index (χ4n) is 1.65. The lowest BCUT2D eigenvalue weighted by Gasteiger charge is -2.17. The summed E-state index contributed by atoms with van der Waals surface area (Å²) in [5.41, 5.74) is 0.266. The van der Waals surface area contributed by atoms with Gasteiger partial charge in [0.15, 0.2) is 0 Å².